The Balaban J connectivity index is 2.94. The van der Waals surface area contributed by atoms with Gasteiger partial charge in [-0.3, -0.25) is 4.79 Å². The molecule has 2 rings (SSSR count). The summed E-state index contributed by atoms with van der Waals surface area (Å²) in [6, 6.07) is 1.53. The molecule has 0 radical (unpaired) electrons. The van der Waals surface area contributed by atoms with Crippen molar-refractivity contribution in [2.24, 2.45) is 0 Å². The van der Waals surface area contributed by atoms with E-state index in [0.29, 0.717) is 28.2 Å². The summed E-state index contributed by atoms with van der Waals surface area (Å²) >= 11 is 0. The first-order chi connectivity index (χ1) is 8.22. The van der Waals surface area contributed by atoms with Crippen LogP contribution >= 0.6 is 0 Å². The van der Waals surface area contributed by atoms with Gasteiger partial charge in [0.15, 0.2) is 11.5 Å². The zero-order valence-corrected chi connectivity index (χ0v) is 9.60. The summed E-state index contributed by atoms with van der Waals surface area (Å²) in [6.45, 7) is 0. The highest BCUT2D eigenvalue weighted by Gasteiger charge is 2.18. The van der Waals surface area contributed by atoms with E-state index in [2.05, 4.69) is 15.4 Å². The van der Waals surface area contributed by atoms with Crippen LogP contribution in [0.3, 0.4) is 0 Å². The van der Waals surface area contributed by atoms with Crippen molar-refractivity contribution in [3.63, 3.8) is 0 Å². The maximum absolute atomic E-state index is 11.6. The zero-order valence-electron chi connectivity index (χ0n) is 9.60. The molecule has 0 bridgehead atoms. The number of ether oxygens (including phenoxy) is 3. The predicted octanol–water partition coefficient (Wildman–Crippen LogP) is 0.344. The molecule has 0 amide bonds. The Bertz CT molecular complexity index is 608. The van der Waals surface area contributed by atoms with Crippen LogP contribution < -0.4 is 19.8 Å². The molecule has 1 N–H and O–H groups in total. The van der Waals surface area contributed by atoms with Gasteiger partial charge in [-0.15, -0.1) is 5.10 Å². The standard InChI is InChI=1S/C10H11N3O4/c1-15-6-4-5-7(11-13-12-10(5)14)9(17-3)8(6)16-2/h4H,1-3H3,(H,11,12,14). The number of nitrogens with zero attached hydrogens (tertiary/aromatic N) is 2. The van der Waals surface area contributed by atoms with Crippen molar-refractivity contribution in [1.82, 2.24) is 15.4 Å². The summed E-state index contributed by atoms with van der Waals surface area (Å²) in [5, 5.41) is 9.89. The van der Waals surface area contributed by atoms with Crippen molar-refractivity contribution < 1.29 is 14.2 Å². The zero-order chi connectivity index (χ0) is 12.4. The van der Waals surface area contributed by atoms with Crippen LogP contribution in [-0.4, -0.2) is 36.7 Å². The Hall–Kier alpha value is -2.31. The Morgan fingerprint density at radius 1 is 1.12 bits per heavy atom. The molecule has 7 heteroatoms. The van der Waals surface area contributed by atoms with E-state index in [1.54, 1.807) is 0 Å². The van der Waals surface area contributed by atoms with Crippen molar-refractivity contribution in [1.29, 1.82) is 0 Å². The summed E-state index contributed by atoms with van der Waals surface area (Å²) in [4.78, 5) is 11.6. The van der Waals surface area contributed by atoms with E-state index in [0.717, 1.165) is 0 Å². The molecule has 17 heavy (non-hydrogen) atoms. The Labute approximate surface area is 96.3 Å². The van der Waals surface area contributed by atoms with Crippen LogP contribution in [-0.2, 0) is 0 Å². The lowest BCUT2D eigenvalue weighted by Crippen LogP contribution is -2.11. The number of methoxy groups -OCH3 is 3. The molecule has 1 aromatic carbocycles. The van der Waals surface area contributed by atoms with Crippen LogP contribution in [0.2, 0.25) is 0 Å². The summed E-state index contributed by atoms with van der Waals surface area (Å²) in [5.74, 6) is 1.10. The lowest BCUT2D eigenvalue weighted by atomic mass is 10.2. The van der Waals surface area contributed by atoms with Gasteiger partial charge in [-0.05, 0) is 6.07 Å². The molecule has 1 heterocycles. The van der Waals surface area contributed by atoms with Gasteiger partial charge in [0, 0.05) is 0 Å². The second-order valence-electron chi connectivity index (χ2n) is 3.18. The molecule has 0 aliphatic heterocycles. The first-order valence-electron chi connectivity index (χ1n) is 4.77. The fourth-order valence-electron chi connectivity index (χ4n) is 1.59. The molecular weight excluding hydrogens is 226 g/mol. The second-order valence-corrected chi connectivity index (χ2v) is 3.18. The van der Waals surface area contributed by atoms with Gasteiger partial charge in [0.25, 0.3) is 5.56 Å². The highest BCUT2D eigenvalue weighted by Crippen LogP contribution is 2.41. The quantitative estimate of drug-likeness (QED) is 0.828. The SMILES string of the molecule is COc1cc2c(=O)[nH]nnc2c(OC)c1OC. The van der Waals surface area contributed by atoms with Gasteiger partial charge in [-0.1, -0.05) is 5.21 Å². The topological polar surface area (TPSA) is 86.3 Å². The number of hydrogen-bond acceptors (Lipinski definition) is 6. The van der Waals surface area contributed by atoms with Crippen LogP contribution in [0.4, 0.5) is 0 Å². The first kappa shape index (κ1) is 11.2. The van der Waals surface area contributed by atoms with Crippen LogP contribution in [0.25, 0.3) is 10.9 Å². The van der Waals surface area contributed by atoms with Crippen LogP contribution in [0.15, 0.2) is 10.9 Å². The lowest BCUT2D eigenvalue weighted by Gasteiger charge is -2.12. The van der Waals surface area contributed by atoms with Crippen molar-refractivity contribution in [2.75, 3.05) is 21.3 Å². The first-order valence-corrected chi connectivity index (χ1v) is 4.77. The van der Waals surface area contributed by atoms with Crippen LogP contribution in [0.5, 0.6) is 17.2 Å². The van der Waals surface area contributed by atoms with Crippen molar-refractivity contribution >= 4 is 10.9 Å². The molecule has 1 aromatic heterocycles. The van der Waals surface area contributed by atoms with Gasteiger partial charge in [-0.2, -0.15) is 0 Å². The Morgan fingerprint density at radius 2 is 1.82 bits per heavy atom. The van der Waals surface area contributed by atoms with Gasteiger partial charge in [-0.25, -0.2) is 5.10 Å². The summed E-state index contributed by atoms with van der Waals surface area (Å²) in [5.41, 5.74) is -0.0387. The maximum Gasteiger partial charge on any atom is 0.275 e. The Morgan fingerprint density at radius 3 is 2.41 bits per heavy atom. The third-order valence-electron chi connectivity index (χ3n) is 2.35. The normalized spacial score (nSPS) is 10.3. The number of fused-ring (bicyclic) bond motifs is 1. The molecule has 0 unspecified atom stereocenters. The number of nitrogens with one attached hydrogen (secondary N) is 1. The third kappa shape index (κ3) is 1.65. The van der Waals surface area contributed by atoms with Gasteiger partial charge in [0.2, 0.25) is 5.75 Å². The van der Waals surface area contributed by atoms with Gasteiger partial charge in [0.05, 0.1) is 26.7 Å². The van der Waals surface area contributed by atoms with E-state index in [1.165, 1.54) is 27.4 Å². The van der Waals surface area contributed by atoms with Gasteiger partial charge >= 0.3 is 0 Å². The molecule has 0 aliphatic carbocycles. The van der Waals surface area contributed by atoms with Crippen molar-refractivity contribution in [3.8, 4) is 17.2 Å². The van der Waals surface area contributed by atoms with E-state index in [1.807, 2.05) is 0 Å². The molecular formula is C10H11N3O4. The van der Waals surface area contributed by atoms with Gasteiger partial charge in [0.1, 0.15) is 5.52 Å². The summed E-state index contributed by atoms with van der Waals surface area (Å²) in [6.07, 6.45) is 0. The molecule has 0 saturated carbocycles. The molecule has 2 aromatic rings. The van der Waals surface area contributed by atoms with E-state index in [9.17, 15) is 4.79 Å². The maximum atomic E-state index is 11.6. The minimum Gasteiger partial charge on any atom is -0.493 e. The molecule has 0 atom stereocenters. The fourth-order valence-corrected chi connectivity index (χ4v) is 1.59. The number of H-pyrrole nitrogens is 1. The average molecular weight is 237 g/mol. The van der Waals surface area contributed by atoms with Crippen molar-refractivity contribution in [3.05, 3.63) is 16.4 Å². The average Bonchev–Trinajstić information content (AvgIpc) is 2.36. The minimum absolute atomic E-state index is 0.320. The van der Waals surface area contributed by atoms with Crippen LogP contribution in [0, 0.1) is 0 Å². The largest absolute Gasteiger partial charge is 0.493 e. The summed E-state index contributed by atoms with van der Waals surface area (Å²) < 4.78 is 15.5. The Kier molecular flexibility index (Phi) is 2.82. The minimum atomic E-state index is -0.366. The van der Waals surface area contributed by atoms with E-state index >= 15 is 0 Å². The number of hydrogen-bond donors (Lipinski definition) is 1. The fraction of sp³-hybridized carbons (Fsp3) is 0.300. The number of rotatable bonds is 3. The molecule has 0 aliphatic rings. The molecule has 0 spiro atoms. The molecule has 0 saturated heterocycles. The third-order valence-corrected chi connectivity index (χ3v) is 2.35. The lowest BCUT2D eigenvalue weighted by molar-refractivity contribution is 0.326. The number of benzene rings is 1. The number of aromatic amines is 1. The second kappa shape index (κ2) is 4.28. The molecule has 90 valence electrons. The van der Waals surface area contributed by atoms with Gasteiger partial charge < -0.3 is 14.2 Å². The predicted molar refractivity (Wildman–Crippen MR) is 59.8 cm³/mol. The van der Waals surface area contributed by atoms with E-state index < -0.39 is 0 Å². The van der Waals surface area contributed by atoms with Crippen LogP contribution in [0.1, 0.15) is 0 Å². The highest BCUT2D eigenvalue weighted by molar-refractivity contribution is 5.88. The molecule has 7 nitrogen and oxygen atoms in total. The highest BCUT2D eigenvalue weighted by atomic mass is 16.5. The smallest absolute Gasteiger partial charge is 0.275 e. The summed E-state index contributed by atoms with van der Waals surface area (Å²) in [7, 11) is 4.42. The monoisotopic (exact) mass is 237 g/mol. The van der Waals surface area contributed by atoms with E-state index in [4.69, 9.17) is 14.2 Å². The van der Waals surface area contributed by atoms with E-state index in [-0.39, 0.29) is 5.56 Å². The number of aromatic nitrogens is 3. The van der Waals surface area contributed by atoms with Crippen molar-refractivity contribution in [2.45, 2.75) is 0 Å². The molecule has 0 fully saturated rings.